The van der Waals surface area contributed by atoms with Crippen LogP contribution in [-0.2, 0) is 14.8 Å². The summed E-state index contributed by atoms with van der Waals surface area (Å²) < 4.78 is 34.7. The Labute approximate surface area is 165 Å². The molecular weight excluding hydrogens is 398 g/mol. The zero-order chi connectivity index (χ0) is 19.7. The quantitative estimate of drug-likeness (QED) is 0.505. The molecule has 0 fully saturated rings. The SMILES string of the molecule is COC(=O)c1ccc(S(=O)(=O)Nc2ccccc2-c2cn3ccsc3n2)cc1. The molecule has 2 aromatic carbocycles. The molecule has 9 heteroatoms. The van der Waals surface area contributed by atoms with Crippen molar-refractivity contribution in [3.63, 3.8) is 0 Å². The van der Waals surface area contributed by atoms with Crippen molar-refractivity contribution < 1.29 is 17.9 Å². The summed E-state index contributed by atoms with van der Waals surface area (Å²) in [5, 5.41) is 1.93. The van der Waals surface area contributed by atoms with Gasteiger partial charge in [-0.25, -0.2) is 18.2 Å². The van der Waals surface area contributed by atoms with E-state index in [4.69, 9.17) is 0 Å². The molecule has 2 aromatic heterocycles. The third-order valence-corrected chi connectivity index (χ3v) is 6.28. The molecule has 0 saturated carbocycles. The molecule has 2 heterocycles. The van der Waals surface area contributed by atoms with Gasteiger partial charge in [0.05, 0.1) is 29.0 Å². The van der Waals surface area contributed by atoms with E-state index in [1.807, 2.05) is 34.3 Å². The Balaban J connectivity index is 1.67. The van der Waals surface area contributed by atoms with Crippen LogP contribution in [0.2, 0.25) is 0 Å². The smallest absolute Gasteiger partial charge is 0.337 e. The van der Waals surface area contributed by atoms with Crippen LogP contribution in [0.3, 0.4) is 0 Å². The number of esters is 1. The van der Waals surface area contributed by atoms with Crippen LogP contribution < -0.4 is 4.72 Å². The van der Waals surface area contributed by atoms with Crippen LogP contribution >= 0.6 is 11.3 Å². The molecule has 0 spiro atoms. The van der Waals surface area contributed by atoms with Crippen molar-refractivity contribution in [2.75, 3.05) is 11.8 Å². The van der Waals surface area contributed by atoms with Gasteiger partial charge in [0.15, 0.2) is 4.96 Å². The Kier molecular flexibility index (Phi) is 4.62. The molecule has 0 aliphatic heterocycles. The fraction of sp³-hybridized carbons (Fsp3) is 0.0526. The van der Waals surface area contributed by atoms with Gasteiger partial charge in [0.1, 0.15) is 0 Å². The van der Waals surface area contributed by atoms with Crippen molar-refractivity contribution in [3.05, 3.63) is 71.9 Å². The average Bonchev–Trinajstić information content (AvgIpc) is 3.30. The van der Waals surface area contributed by atoms with E-state index in [0.717, 1.165) is 4.96 Å². The van der Waals surface area contributed by atoms with E-state index >= 15 is 0 Å². The second kappa shape index (κ2) is 7.10. The number of hydrogen-bond donors (Lipinski definition) is 1. The lowest BCUT2D eigenvalue weighted by molar-refractivity contribution is 0.0600. The number of benzene rings is 2. The number of methoxy groups -OCH3 is 1. The minimum atomic E-state index is -3.84. The maximum atomic E-state index is 12.8. The number of hydrogen-bond acceptors (Lipinski definition) is 6. The summed E-state index contributed by atoms with van der Waals surface area (Å²) in [6.45, 7) is 0. The summed E-state index contributed by atoms with van der Waals surface area (Å²) in [4.78, 5) is 16.9. The maximum absolute atomic E-state index is 12.8. The van der Waals surface area contributed by atoms with Gasteiger partial charge in [-0.2, -0.15) is 0 Å². The number of fused-ring (bicyclic) bond motifs is 1. The van der Waals surface area contributed by atoms with Gasteiger partial charge in [-0.1, -0.05) is 18.2 Å². The molecule has 0 atom stereocenters. The summed E-state index contributed by atoms with van der Waals surface area (Å²) >= 11 is 1.50. The summed E-state index contributed by atoms with van der Waals surface area (Å²) in [5.41, 5.74) is 2.05. The van der Waals surface area contributed by atoms with E-state index in [0.29, 0.717) is 16.9 Å². The minimum Gasteiger partial charge on any atom is -0.465 e. The van der Waals surface area contributed by atoms with Crippen molar-refractivity contribution in [3.8, 4) is 11.3 Å². The molecule has 7 nitrogen and oxygen atoms in total. The highest BCUT2D eigenvalue weighted by Gasteiger charge is 2.18. The first-order valence-electron chi connectivity index (χ1n) is 8.21. The Hall–Kier alpha value is -3.17. The number of ether oxygens (including phenoxy) is 1. The number of nitrogens with one attached hydrogen (secondary N) is 1. The Morgan fingerprint density at radius 3 is 2.61 bits per heavy atom. The van der Waals surface area contributed by atoms with Gasteiger partial charge in [-0.05, 0) is 30.3 Å². The molecule has 0 saturated heterocycles. The number of aromatic nitrogens is 2. The lowest BCUT2D eigenvalue weighted by Gasteiger charge is -2.11. The van der Waals surface area contributed by atoms with Crippen LogP contribution in [-0.4, -0.2) is 30.9 Å². The molecule has 28 heavy (non-hydrogen) atoms. The number of thiazole rings is 1. The molecule has 0 radical (unpaired) electrons. The molecule has 142 valence electrons. The van der Waals surface area contributed by atoms with Crippen molar-refractivity contribution in [2.24, 2.45) is 0 Å². The predicted molar refractivity (Wildman–Crippen MR) is 107 cm³/mol. The molecule has 4 rings (SSSR count). The third-order valence-electron chi connectivity index (χ3n) is 4.13. The van der Waals surface area contributed by atoms with E-state index in [-0.39, 0.29) is 10.5 Å². The molecule has 0 amide bonds. The highest BCUT2D eigenvalue weighted by atomic mass is 32.2. The van der Waals surface area contributed by atoms with Gasteiger partial charge in [0.25, 0.3) is 10.0 Å². The first-order valence-corrected chi connectivity index (χ1v) is 10.6. The van der Waals surface area contributed by atoms with Gasteiger partial charge in [0, 0.05) is 23.3 Å². The first kappa shape index (κ1) is 18.2. The van der Waals surface area contributed by atoms with Crippen LogP contribution in [0.1, 0.15) is 10.4 Å². The first-order chi connectivity index (χ1) is 13.5. The molecule has 0 aliphatic carbocycles. The van der Waals surface area contributed by atoms with Crippen molar-refractivity contribution >= 4 is 38.0 Å². The second-order valence-corrected chi connectivity index (χ2v) is 8.44. The summed E-state index contributed by atoms with van der Waals surface area (Å²) in [7, 11) is -2.57. The summed E-state index contributed by atoms with van der Waals surface area (Å²) in [6.07, 6.45) is 3.75. The van der Waals surface area contributed by atoms with Crippen LogP contribution in [0.25, 0.3) is 16.2 Å². The molecule has 0 aliphatic rings. The zero-order valence-corrected chi connectivity index (χ0v) is 16.3. The second-order valence-electron chi connectivity index (χ2n) is 5.89. The van der Waals surface area contributed by atoms with E-state index in [1.165, 1.54) is 42.7 Å². The normalized spacial score (nSPS) is 11.5. The van der Waals surface area contributed by atoms with Gasteiger partial charge in [0.2, 0.25) is 0 Å². The molecule has 1 N–H and O–H groups in total. The number of rotatable bonds is 5. The van der Waals surface area contributed by atoms with Crippen LogP contribution in [0.5, 0.6) is 0 Å². The number of carbonyl (C=O) groups excluding carboxylic acids is 1. The fourth-order valence-electron chi connectivity index (χ4n) is 2.74. The zero-order valence-electron chi connectivity index (χ0n) is 14.7. The number of carbonyl (C=O) groups is 1. The number of imidazole rings is 1. The monoisotopic (exact) mass is 413 g/mol. The highest BCUT2D eigenvalue weighted by molar-refractivity contribution is 7.92. The van der Waals surface area contributed by atoms with Crippen LogP contribution in [0.4, 0.5) is 5.69 Å². The number of sulfonamides is 1. The van der Waals surface area contributed by atoms with Crippen molar-refractivity contribution in [1.82, 2.24) is 9.38 Å². The Morgan fingerprint density at radius 1 is 1.14 bits per heavy atom. The number of nitrogens with zero attached hydrogens (tertiary/aromatic N) is 2. The number of anilines is 1. The van der Waals surface area contributed by atoms with Gasteiger partial charge in [-0.3, -0.25) is 9.12 Å². The van der Waals surface area contributed by atoms with Gasteiger partial charge in [-0.15, -0.1) is 11.3 Å². The van der Waals surface area contributed by atoms with Gasteiger partial charge < -0.3 is 4.74 Å². The topological polar surface area (TPSA) is 89.8 Å². The Bertz CT molecular complexity index is 1230. The summed E-state index contributed by atoms with van der Waals surface area (Å²) in [6, 6.07) is 12.6. The standard InChI is InChI=1S/C19H15N3O4S2/c1-26-18(23)13-6-8-14(9-7-13)28(24,25)21-16-5-3-2-4-15(16)17-12-22-10-11-27-19(22)20-17/h2-12,21H,1H3. The molecule has 4 aromatic rings. The van der Waals surface area contributed by atoms with E-state index in [1.54, 1.807) is 12.1 Å². The van der Waals surface area contributed by atoms with Gasteiger partial charge >= 0.3 is 5.97 Å². The molecule has 0 unspecified atom stereocenters. The molecular formula is C19H15N3O4S2. The van der Waals surface area contributed by atoms with Crippen LogP contribution in [0, 0.1) is 0 Å². The maximum Gasteiger partial charge on any atom is 0.337 e. The fourth-order valence-corrected chi connectivity index (χ4v) is 4.52. The largest absolute Gasteiger partial charge is 0.465 e. The van der Waals surface area contributed by atoms with Crippen molar-refractivity contribution in [1.29, 1.82) is 0 Å². The lowest BCUT2D eigenvalue weighted by Crippen LogP contribution is -2.14. The van der Waals surface area contributed by atoms with E-state index < -0.39 is 16.0 Å². The third kappa shape index (κ3) is 3.37. The minimum absolute atomic E-state index is 0.0424. The lowest BCUT2D eigenvalue weighted by atomic mass is 10.1. The summed E-state index contributed by atoms with van der Waals surface area (Å²) in [5.74, 6) is -0.526. The molecule has 0 bridgehead atoms. The van der Waals surface area contributed by atoms with Crippen LogP contribution in [0.15, 0.2) is 71.2 Å². The number of para-hydroxylation sites is 1. The average molecular weight is 413 g/mol. The highest BCUT2D eigenvalue weighted by Crippen LogP contribution is 2.30. The van der Waals surface area contributed by atoms with E-state index in [9.17, 15) is 13.2 Å². The predicted octanol–water partition coefficient (Wildman–Crippen LogP) is 3.65. The van der Waals surface area contributed by atoms with Crippen molar-refractivity contribution in [2.45, 2.75) is 4.90 Å². The Morgan fingerprint density at radius 2 is 1.89 bits per heavy atom. The van der Waals surface area contributed by atoms with E-state index in [2.05, 4.69) is 14.4 Å².